The highest BCUT2D eigenvalue weighted by atomic mass is 16.3. The summed E-state index contributed by atoms with van der Waals surface area (Å²) in [5.41, 5.74) is 5.55. The van der Waals surface area contributed by atoms with Gasteiger partial charge in [0.25, 0.3) is 5.91 Å². The highest BCUT2D eigenvalue weighted by molar-refractivity contribution is 5.97. The Bertz CT molecular complexity index is 454. The molecule has 0 aromatic heterocycles. The Labute approximate surface area is 106 Å². The Balaban J connectivity index is 2.16. The van der Waals surface area contributed by atoms with Crippen LogP contribution in [0.25, 0.3) is 0 Å². The molecule has 2 rings (SSSR count). The first-order valence-corrected chi connectivity index (χ1v) is 6.11. The topological polar surface area (TPSA) is 95.6 Å². The smallest absolute Gasteiger partial charge is 0.255 e. The number of phenols is 2. The number of nitrogens with two attached hydrogens (primary N) is 1. The molecule has 0 heterocycles. The van der Waals surface area contributed by atoms with E-state index in [0.29, 0.717) is 6.54 Å². The Morgan fingerprint density at radius 2 is 2.00 bits per heavy atom. The lowest BCUT2D eigenvalue weighted by atomic mass is 9.97. The second-order valence-electron chi connectivity index (χ2n) is 4.85. The lowest BCUT2D eigenvalue weighted by Gasteiger charge is -2.28. The minimum absolute atomic E-state index is 0.0709. The number of carbonyl (C=O) groups is 1. The number of hydrogen-bond donors (Lipinski definition) is 4. The summed E-state index contributed by atoms with van der Waals surface area (Å²) in [6.07, 6.45) is 3.85. The van der Waals surface area contributed by atoms with Crippen molar-refractivity contribution in [1.29, 1.82) is 0 Å². The van der Waals surface area contributed by atoms with Crippen molar-refractivity contribution in [2.45, 2.75) is 31.2 Å². The van der Waals surface area contributed by atoms with Gasteiger partial charge in [-0.25, -0.2) is 0 Å². The summed E-state index contributed by atoms with van der Waals surface area (Å²) in [4.78, 5) is 12.1. The highest BCUT2D eigenvalue weighted by Crippen LogP contribution is 2.30. The van der Waals surface area contributed by atoms with Crippen molar-refractivity contribution >= 4 is 5.91 Å². The number of carbonyl (C=O) groups excluding carboxylic acids is 1. The predicted octanol–water partition coefficient (Wildman–Crippen LogP) is 1.10. The SMILES string of the molecule is NCC1(NC(=O)c2ccc(O)cc2O)CCCC1. The fraction of sp³-hybridized carbons (Fsp3) is 0.462. The third-order valence-corrected chi connectivity index (χ3v) is 3.56. The zero-order valence-corrected chi connectivity index (χ0v) is 10.1. The Kier molecular flexibility index (Phi) is 3.43. The van der Waals surface area contributed by atoms with E-state index >= 15 is 0 Å². The zero-order valence-electron chi connectivity index (χ0n) is 10.1. The molecule has 1 amide bonds. The van der Waals surface area contributed by atoms with Crippen molar-refractivity contribution in [1.82, 2.24) is 5.32 Å². The molecule has 0 spiro atoms. The van der Waals surface area contributed by atoms with Gasteiger partial charge in [-0.3, -0.25) is 4.79 Å². The summed E-state index contributed by atoms with van der Waals surface area (Å²) in [6, 6.07) is 3.93. The Hall–Kier alpha value is -1.75. The first kappa shape index (κ1) is 12.7. The van der Waals surface area contributed by atoms with Crippen LogP contribution in [-0.2, 0) is 0 Å². The van der Waals surface area contributed by atoms with E-state index in [1.54, 1.807) is 0 Å². The van der Waals surface area contributed by atoms with Gasteiger partial charge in [0.1, 0.15) is 11.5 Å². The molecular weight excluding hydrogens is 232 g/mol. The van der Waals surface area contributed by atoms with Crippen LogP contribution in [0.5, 0.6) is 11.5 Å². The molecule has 1 aliphatic carbocycles. The lowest BCUT2D eigenvalue weighted by Crippen LogP contribution is -2.51. The molecule has 5 nitrogen and oxygen atoms in total. The van der Waals surface area contributed by atoms with Crippen LogP contribution < -0.4 is 11.1 Å². The average Bonchev–Trinajstić information content (AvgIpc) is 2.78. The number of aromatic hydroxyl groups is 2. The minimum atomic E-state index is -0.347. The van der Waals surface area contributed by atoms with Crippen molar-refractivity contribution < 1.29 is 15.0 Å². The predicted molar refractivity (Wildman–Crippen MR) is 67.5 cm³/mol. The van der Waals surface area contributed by atoms with Crippen LogP contribution in [0.3, 0.4) is 0 Å². The summed E-state index contributed by atoms with van der Waals surface area (Å²) in [7, 11) is 0. The lowest BCUT2D eigenvalue weighted by molar-refractivity contribution is 0.0900. The Morgan fingerprint density at radius 3 is 2.56 bits per heavy atom. The molecule has 98 valence electrons. The molecule has 5 heteroatoms. The van der Waals surface area contributed by atoms with Gasteiger partial charge in [0.2, 0.25) is 0 Å². The fourth-order valence-corrected chi connectivity index (χ4v) is 2.45. The van der Waals surface area contributed by atoms with Crippen molar-refractivity contribution in [3.05, 3.63) is 23.8 Å². The van der Waals surface area contributed by atoms with Gasteiger partial charge in [-0.15, -0.1) is 0 Å². The van der Waals surface area contributed by atoms with Crippen LogP contribution in [0.15, 0.2) is 18.2 Å². The molecule has 18 heavy (non-hydrogen) atoms. The van der Waals surface area contributed by atoms with Crippen molar-refractivity contribution in [3.63, 3.8) is 0 Å². The first-order chi connectivity index (χ1) is 8.56. The summed E-state index contributed by atoms with van der Waals surface area (Å²) >= 11 is 0. The first-order valence-electron chi connectivity index (χ1n) is 6.11. The minimum Gasteiger partial charge on any atom is -0.508 e. The van der Waals surface area contributed by atoms with Crippen LogP contribution in [0, 0.1) is 0 Å². The van der Waals surface area contributed by atoms with E-state index in [4.69, 9.17) is 5.73 Å². The summed E-state index contributed by atoms with van der Waals surface area (Å²) in [5.74, 6) is -0.643. The van der Waals surface area contributed by atoms with Gasteiger partial charge in [0.05, 0.1) is 11.1 Å². The summed E-state index contributed by atoms with van der Waals surface area (Å²) in [5, 5.41) is 21.7. The third-order valence-electron chi connectivity index (χ3n) is 3.56. The van der Waals surface area contributed by atoms with Crippen LogP contribution in [0.2, 0.25) is 0 Å². The number of rotatable bonds is 3. The van der Waals surface area contributed by atoms with E-state index in [1.807, 2.05) is 0 Å². The highest BCUT2D eigenvalue weighted by Gasteiger charge is 2.34. The van der Waals surface area contributed by atoms with Crippen LogP contribution in [0.1, 0.15) is 36.0 Å². The van der Waals surface area contributed by atoms with Crippen molar-refractivity contribution in [3.8, 4) is 11.5 Å². The number of hydrogen-bond acceptors (Lipinski definition) is 4. The molecule has 5 N–H and O–H groups in total. The number of nitrogens with one attached hydrogen (secondary N) is 1. The van der Waals surface area contributed by atoms with E-state index in [2.05, 4.69) is 5.32 Å². The normalized spacial score (nSPS) is 17.6. The molecule has 1 fully saturated rings. The van der Waals surface area contributed by atoms with Gasteiger partial charge in [0, 0.05) is 12.6 Å². The van der Waals surface area contributed by atoms with E-state index < -0.39 is 0 Å². The molecule has 0 unspecified atom stereocenters. The van der Waals surface area contributed by atoms with Gasteiger partial charge in [-0.2, -0.15) is 0 Å². The molecule has 1 saturated carbocycles. The van der Waals surface area contributed by atoms with Crippen molar-refractivity contribution in [2.24, 2.45) is 5.73 Å². The van der Waals surface area contributed by atoms with E-state index in [9.17, 15) is 15.0 Å². The molecule has 0 bridgehead atoms. The number of phenolic OH excluding ortho intramolecular Hbond substituents is 2. The number of amides is 1. The molecule has 1 aliphatic rings. The summed E-state index contributed by atoms with van der Waals surface area (Å²) in [6.45, 7) is 0.400. The van der Waals surface area contributed by atoms with Crippen molar-refractivity contribution in [2.75, 3.05) is 6.54 Å². The van der Waals surface area contributed by atoms with Gasteiger partial charge in [0.15, 0.2) is 0 Å². The molecule has 0 radical (unpaired) electrons. The standard InChI is InChI=1S/C13H18N2O3/c14-8-13(5-1-2-6-13)15-12(18)10-4-3-9(16)7-11(10)17/h3-4,7,16-17H,1-2,5-6,8,14H2,(H,15,18). The monoisotopic (exact) mass is 250 g/mol. The molecular formula is C13H18N2O3. The van der Waals surface area contributed by atoms with Gasteiger partial charge < -0.3 is 21.3 Å². The molecule has 0 aliphatic heterocycles. The second-order valence-corrected chi connectivity index (χ2v) is 4.85. The van der Waals surface area contributed by atoms with Crippen LogP contribution >= 0.6 is 0 Å². The van der Waals surface area contributed by atoms with Gasteiger partial charge in [-0.1, -0.05) is 12.8 Å². The van der Waals surface area contributed by atoms with Crippen LogP contribution in [-0.4, -0.2) is 28.2 Å². The Morgan fingerprint density at radius 1 is 1.33 bits per heavy atom. The average molecular weight is 250 g/mol. The molecule has 1 aromatic rings. The molecule has 0 saturated heterocycles. The quantitative estimate of drug-likeness (QED) is 0.646. The maximum atomic E-state index is 12.1. The van der Waals surface area contributed by atoms with E-state index in [-0.39, 0.29) is 28.5 Å². The number of benzene rings is 1. The van der Waals surface area contributed by atoms with E-state index in [0.717, 1.165) is 31.7 Å². The second kappa shape index (κ2) is 4.86. The molecule has 1 aromatic carbocycles. The maximum Gasteiger partial charge on any atom is 0.255 e. The summed E-state index contributed by atoms with van der Waals surface area (Å²) < 4.78 is 0. The zero-order chi connectivity index (χ0) is 13.2. The van der Waals surface area contributed by atoms with Gasteiger partial charge >= 0.3 is 0 Å². The largest absolute Gasteiger partial charge is 0.508 e. The van der Waals surface area contributed by atoms with Gasteiger partial charge in [-0.05, 0) is 25.0 Å². The molecule has 0 atom stereocenters. The third kappa shape index (κ3) is 2.41. The van der Waals surface area contributed by atoms with E-state index in [1.165, 1.54) is 12.1 Å². The fourth-order valence-electron chi connectivity index (χ4n) is 2.45. The van der Waals surface area contributed by atoms with Crippen LogP contribution in [0.4, 0.5) is 0 Å². The maximum absolute atomic E-state index is 12.1.